The van der Waals surface area contributed by atoms with E-state index in [2.05, 4.69) is 15.3 Å². The molecule has 0 unspecified atom stereocenters. The summed E-state index contributed by atoms with van der Waals surface area (Å²) < 4.78 is 15.5. The first-order valence-electron chi connectivity index (χ1n) is 5.88. The van der Waals surface area contributed by atoms with Gasteiger partial charge in [-0.2, -0.15) is 4.39 Å². The standard InChI is InChI=1S/C14H11FN4/c15-14-13(12-7-4-8-16-9-12)17-18-19(14)10-11-5-2-1-3-6-11/h1-9H,10H2. The summed E-state index contributed by atoms with van der Waals surface area (Å²) in [4.78, 5) is 3.95. The van der Waals surface area contributed by atoms with Crippen LogP contribution in [-0.2, 0) is 6.54 Å². The van der Waals surface area contributed by atoms with Gasteiger partial charge in [-0.1, -0.05) is 35.5 Å². The molecule has 5 heteroatoms. The molecule has 0 N–H and O–H groups in total. The normalized spacial score (nSPS) is 10.6. The molecule has 2 heterocycles. The molecule has 1 aromatic carbocycles. The van der Waals surface area contributed by atoms with Gasteiger partial charge in [0.05, 0.1) is 6.54 Å². The second kappa shape index (κ2) is 4.97. The SMILES string of the molecule is Fc1c(-c2cccnc2)nnn1Cc1ccccc1. The van der Waals surface area contributed by atoms with E-state index in [9.17, 15) is 4.39 Å². The van der Waals surface area contributed by atoms with Gasteiger partial charge in [-0.3, -0.25) is 4.98 Å². The molecule has 0 fully saturated rings. The Kier molecular flexibility index (Phi) is 3.02. The van der Waals surface area contributed by atoms with Gasteiger partial charge in [0.2, 0.25) is 5.95 Å². The van der Waals surface area contributed by atoms with E-state index in [0.717, 1.165) is 5.56 Å². The van der Waals surface area contributed by atoms with Crippen molar-refractivity contribution in [3.05, 3.63) is 66.4 Å². The summed E-state index contributed by atoms with van der Waals surface area (Å²) in [5.41, 5.74) is 1.83. The summed E-state index contributed by atoms with van der Waals surface area (Å²) in [7, 11) is 0. The Labute approximate surface area is 109 Å². The van der Waals surface area contributed by atoms with Crippen LogP contribution in [0.15, 0.2) is 54.9 Å². The van der Waals surface area contributed by atoms with Crippen LogP contribution in [0, 0.1) is 5.95 Å². The first-order chi connectivity index (χ1) is 9.34. The van der Waals surface area contributed by atoms with Crippen LogP contribution in [-0.4, -0.2) is 20.0 Å². The summed E-state index contributed by atoms with van der Waals surface area (Å²) in [6.45, 7) is 0.361. The second-order valence-electron chi connectivity index (χ2n) is 4.11. The van der Waals surface area contributed by atoms with Crippen LogP contribution in [0.1, 0.15) is 5.56 Å². The summed E-state index contributed by atoms with van der Waals surface area (Å²) in [5.74, 6) is -0.447. The molecule has 0 aliphatic rings. The van der Waals surface area contributed by atoms with Crippen LogP contribution in [0.4, 0.5) is 4.39 Å². The Hall–Kier alpha value is -2.56. The third kappa shape index (κ3) is 2.35. The molecule has 0 amide bonds. The Bertz CT molecular complexity index is 664. The number of benzene rings is 1. The van der Waals surface area contributed by atoms with E-state index in [1.54, 1.807) is 24.5 Å². The number of aromatic nitrogens is 4. The zero-order valence-electron chi connectivity index (χ0n) is 10.1. The average molecular weight is 254 g/mol. The Morgan fingerprint density at radius 1 is 1.05 bits per heavy atom. The Morgan fingerprint density at radius 3 is 2.63 bits per heavy atom. The molecule has 2 aromatic heterocycles. The smallest absolute Gasteiger partial charge is 0.240 e. The molecule has 0 bridgehead atoms. The molecule has 0 atom stereocenters. The molecule has 3 rings (SSSR count). The van der Waals surface area contributed by atoms with Gasteiger partial charge in [-0.15, -0.1) is 5.10 Å². The maximum absolute atomic E-state index is 14.2. The van der Waals surface area contributed by atoms with Crippen molar-refractivity contribution in [2.24, 2.45) is 0 Å². The van der Waals surface area contributed by atoms with Gasteiger partial charge in [0.15, 0.2) is 5.69 Å². The van der Waals surface area contributed by atoms with E-state index in [1.807, 2.05) is 30.3 Å². The highest BCUT2D eigenvalue weighted by molar-refractivity contribution is 5.56. The van der Waals surface area contributed by atoms with Crippen LogP contribution >= 0.6 is 0 Å². The van der Waals surface area contributed by atoms with Crippen molar-refractivity contribution < 1.29 is 4.39 Å². The second-order valence-corrected chi connectivity index (χ2v) is 4.11. The summed E-state index contributed by atoms with van der Waals surface area (Å²) in [5, 5.41) is 7.73. The summed E-state index contributed by atoms with van der Waals surface area (Å²) >= 11 is 0. The van der Waals surface area contributed by atoms with Crippen molar-refractivity contribution in [2.75, 3.05) is 0 Å². The van der Waals surface area contributed by atoms with Gasteiger partial charge in [-0.25, -0.2) is 4.68 Å². The minimum absolute atomic E-state index is 0.226. The van der Waals surface area contributed by atoms with E-state index in [4.69, 9.17) is 0 Å². The monoisotopic (exact) mass is 254 g/mol. The lowest BCUT2D eigenvalue weighted by molar-refractivity contribution is 0.477. The molecular formula is C14H11FN4. The zero-order chi connectivity index (χ0) is 13.1. The van der Waals surface area contributed by atoms with Crippen molar-refractivity contribution in [1.29, 1.82) is 0 Å². The van der Waals surface area contributed by atoms with Crippen molar-refractivity contribution in [1.82, 2.24) is 20.0 Å². The van der Waals surface area contributed by atoms with Crippen LogP contribution in [0.5, 0.6) is 0 Å². The van der Waals surface area contributed by atoms with Crippen LogP contribution in [0.3, 0.4) is 0 Å². The van der Waals surface area contributed by atoms with E-state index < -0.39 is 5.95 Å². The maximum Gasteiger partial charge on any atom is 0.240 e. The quantitative estimate of drug-likeness (QED) is 0.721. The molecule has 3 aromatic rings. The third-order valence-electron chi connectivity index (χ3n) is 2.78. The maximum atomic E-state index is 14.2. The highest BCUT2D eigenvalue weighted by Gasteiger charge is 2.14. The van der Waals surface area contributed by atoms with Gasteiger partial charge in [0.1, 0.15) is 0 Å². The summed E-state index contributed by atoms with van der Waals surface area (Å²) in [6.07, 6.45) is 3.20. The molecule has 19 heavy (non-hydrogen) atoms. The average Bonchev–Trinajstić information content (AvgIpc) is 2.82. The van der Waals surface area contributed by atoms with Crippen molar-refractivity contribution in [3.8, 4) is 11.3 Å². The van der Waals surface area contributed by atoms with Gasteiger partial charge in [-0.05, 0) is 17.7 Å². The fourth-order valence-corrected chi connectivity index (χ4v) is 1.84. The Balaban J connectivity index is 1.92. The lowest BCUT2D eigenvalue weighted by atomic mass is 10.2. The number of pyridine rings is 1. The number of nitrogens with zero attached hydrogens (tertiary/aromatic N) is 4. The van der Waals surface area contributed by atoms with Gasteiger partial charge < -0.3 is 0 Å². The molecular weight excluding hydrogens is 243 g/mol. The minimum Gasteiger partial charge on any atom is -0.264 e. The van der Waals surface area contributed by atoms with Crippen LogP contribution < -0.4 is 0 Å². The topological polar surface area (TPSA) is 43.6 Å². The first kappa shape index (κ1) is 11.5. The number of halogens is 1. The largest absolute Gasteiger partial charge is 0.264 e. The molecule has 0 aliphatic carbocycles. The molecule has 0 radical (unpaired) electrons. The zero-order valence-corrected chi connectivity index (χ0v) is 10.1. The fourth-order valence-electron chi connectivity index (χ4n) is 1.84. The van der Waals surface area contributed by atoms with Crippen molar-refractivity contribution >= 4 is 0 Å². The highest BCUT2D eigenvalue weighted by atomic mass is 19.1. The molecule has 0 aliphatic heterocycles. The van der Waals surface area contributed by atoms with Gasteiger partial charge in [0.25, 0.3) is 0 Å². The van der Waals surface area contributed by atoms with E-state index in [-0.39, 0.29) is 5.69 Å². The first-order valence-corrected chi connectivity index (χ1v) is 5.88. The lowest BCUT2D eigenvalue weighted by Crippen LogP contribution is -2.04. The molecule has 94 valence electrons. The number of hydrogen-bond acceptors (Lipinski definition) is 3. The van der Waals surface area contributed by atoms with Gasteiger partial charge in [0, 0.05) is 18.0 Å². The highest BCUT2D eigenvalue weighted by Crippen LogP contribution is 2.18. The fraction of sp³-hybridized carbons (Fsp3) is 0.0714. The Morgan fingerprint density at radius 2 is 1.89 bits per heavy atom. The molecule has 0 spiro atoms. The van der Waals surface area contributed by atoms with Crippen molar-refractivity contribution in [2.45, 2.75) is 6.54 Å². The van der Waals surface area contributed by atoms with E-state index in [0.29, 0.717) is 12.1 Å². The van der Waals surface area contributed by atoms with Gasteiger partial charge >= 0.3 is 0 Å². The molecule has 4 nitrogen and oxygen atoms in total. The van der Waals surface area contributed by atoms with Crippen LogP contribution in [0.2, 0.25) is 0 Å². The predicted octanol–water partition coefficient (Wildman–Crippen LogP) is 2.53. The minimum atomic E-state index is -0.447. The third-order valence-corrected chi connectivity index (χ3v) is 2.78. The number of hydrogen-bond donors (Lipinski definition) is 0. The van der Waals surface area contributed by atoms with Crippen LogP contribution in [0.25, 0.3) is 11.3 Å². The van der Waals surface area contributed by atoms with E-state index >= 15 is 0 Å². The molecule has 0 saturated heterocycles. The predicted molar refractivity (Wildman–Crippen MR) is 68.8 cm³/mol. The number of rotatable bonds is 3. The van der Waals surface area contributed by atoms with E-state index in [1.165, 1.54) is 4.68 Å². The summed E-state index contributed by atoms with van der Waals surface area (Å²) in [6, 6.07) is 13.1. The molecule has 0 saturated carbocycles. The lowest BCUT2D eigenvalue weighted by Gasteiger charge is -2.01. The van der Waals surface area contributed by atoms with Crippen molar-refractivity contribution in [3.63, 3.8) is 0 Å².